The van der Waals surface area contributed by atoms with Crippen LogP contribution in [0.1, 0.15) is 42.0 Å². The summed E-state index contributed by atoms with van der Waals surface area (Å²) in [6.45, 7) is 9.81. The molecule has 4 heteroatoms. The monoisotopic (exact) mass is 441 g/mol. The molecule has 1 saturated heterocycles. The van der Waals surface area contributed by atoms with Crippen molar-refractivity contribution in [3.63, 3.8) is 0 Å². The minimum absolute atomic E-state index is 0.195. The Morgan fingerprint density at radius 3 is 2.42 bits per heavy atom. The molecule has 0 atom stereocenters. The standard InChI is InChI=1S/C29H35N3O/c1-4-31-28(33)29(20-26-7-5-6-8-27(26)25-11-15-30-16-12-25)13-17-32(18-14-29)21-24-10-9-22(2)23(3)19-24/h5-12,15-16,19H,4,13-14,17-18,20-21H2,1-3H3,(H,31,33). The van der Waals surface area contributed by atoms with E-state index < -0.39 is 0 Å². The number of aromatic nitrogens is 1. The highest BCUT2D eigenvalue weighted by molar-refractivity contribution is 5.83. The number of carbonyl (C=O) groups excluding carboxylic acids is 1. The molecule has 1 aliphatic rings. The van der Waals surface area contributed by atoms with Crippen molar-refractivity contribution in [3.05, 3.63) is 89.2 Å². The van der Waals surface area contributed by atoms with Crippen LogP contribution in [-0.2, 0) is 17.8 Å². The van der Waals surface area contributed by atoms with Gasteiger partial charge in [-0.05, 0) is 98.6 Å². The number of pyridine rings is 1. The lowest BCUT2D eigenvalue weighted by Crippen LogP contribution is -2.49. The van der Waals surface area contributed by atoms with Crippen LogP contribution in [0.3, 0.4) is 0 Å². The van der Waals surface area contributed by atoms with Gasteiger partial charge >= 0.3 is 0 Å². The number of likely N-dealkylation sites (tertiary alicyclic amines) is 1. The molecule has 0 bridgehead atoms. The molecule has 1 aromatic heterocycles. The Hall–Kier alpha value is -2.98. The van der Waals surface area contributed by atoms with Gasteiger partial charge in [0.2, 0.25) is 5.91 Å². The fourth-order valence-electron chi connectivity index (χ4n) is 4.98. The van der Waals surface area contributed by atoms with Crippen molar-refractivity contribution < 1.29 is 4.79 Å². The summed E-state index contributed by atoms with van der Waals surface area (Å²) in [5, 5.41) is 3.15. The average Bonchev–Trinajstić information content (AvgIpc) is 2.84. The van der Waals surface area contributed by atoms with Gasteiger partial charge in [-0.1, -0.05) is 42.5 Å². The fraction of sp³-hybridized carbons (Fsp3) is 0.379. The van der Waals surface area contributed by atoms with Crippen LogP contribution >= 0.6 is 0 Å². The number of hydrogen-bond acceptors (Lipinski definition) is 3. The molecule has 4 rings (SSSR count). The lowest BCUT2D eigenvalue weighted by atomic mass is 9.72. The van der Waals surface area contributed by atoms with Gasteiger partial charge in [0.05, 0.1) is 5.41 Å². The van der Waals surface area contributed by atoms with Crippen LogP contribution in [0.4, 0.5) is 0 Å². The second-order valence-electron chi connectivity index (χ2n) is 9.40. The Labute approximate surface area is 198 Å². The minimum Gasteiger partial charge on any atom is -0.356 e. The summed E-state index contributed by atoms with van der Waals surface area (Å²) in [6.07, 6.45) is 6.16. The van der Waals surface area contributed by atoms with Crippen molar-refractivity contribution in [1.29, 1.82) is 0 Å². The molecule has 172 valence electrons. The van der Waals surface area contributed by atoms with Crippen LogP contribution in [0.5, 0.6) is 0 Å². The van der Waals surface area contributed by atoms with E-state index in [0.29, 0.717) is 6.54 Å². The lowest BCUT2D eigenvalue weighted by Gasteiger charge is -2.41. The third kappa shape index (κ3) is 5.33. The molecule has 0 aliphatic carbocycles. The summed E-state index contributed by atoms with van der Waals surface area (Å²) in [4.78, 5) is 20.0. The number of hydrogen-bond donors (Lipinski definition) is 1. The predicted molar refractivity (Wildman–Crippen MR) is 135 cm³/mol. The molecule has 4 nitrogen and oxygen atoms in total. The van der Waals surface area contributed by atoms with E-state index >= 15 is 0 Å². The van der Waals surface area contributed by atoms with Gasteiger partial charge in [0.15, 0.2) is 0 Å². The third-order valence-electron chi connectivity index (χ3n) is 7.15. The number of aryl methyl sites for hydroxylation is 2. The van der Waals surface area contributed by atoms with Crippen molar-refractivity contribution in [3.8, 4) is 11.1 Å². The molecule has 0 saturated carbocycles. The highest BCUT2D eigenvalue weighted by Crippen LogP contribution is 2.38. The molecule has 2 aromatic carbocycles. The van der Waals surface area contributed by atoms with E-state index in [1.54, 1.807) is 0 Å². The zero-order valence-corrected chi connectivity index (χ0v) is 20.1. The first-order chi connectivity index (χ1) is 16.0. The Balaban J connectivity index is 1.54. The molecule has 0 radical (unpaired) electrons. The Morgan fingerprint density at radius 1 is 1.00 bits per heavy atom. The van der Waals surface area contributed by atoms with Crippen molar-refractivity contribution in [2.45, 2.75) is 46.6 Å². The largest absolute Gasteiger partial charge is 0.356 e. The SMILES string of the molecule is CCNC(=O)C1(Cc2ccccc2-c2ccncc2)CCN(Cc2ccc(C)c(C)c2)CC1. The Bertz CT molecular complexity index is 1090. The van der Waals surface area contributed by atoms with E-state index in [2.05, 4.69) is 71.5 Å². The second kappa shape index (κ2) is 10.3. The zero-order valence-electron chi connectivity index (χ0n) is 20.1. The van der Waals surface area contributed by atoms with Crippen molar-refractivity contribution in [2.75, 3.05) is 19.6 Å². The topological polar surface area (TPSA) is 45.2 Å². The summed E-state index contributed by atoms with van der Waals surface area (Å²) in [5.74, 6) is 0.195. The maximum Gasteiger partial charge on any atom is 0.226 e. The van der Waals surface area contributed by atoms with E-state index in [-0.39, 0.29) is 11.3 Å². The highest BCUT2D eigenvalue weighted by Gasteiger charge is 2.41. The molecule has 2 heterocycles. The number of carbonyl (C=O) groups is 1. The summed E-state index contributed by atoms with van der Waals surface area (Å²) in [6, 6.07) is 19.3. The smallest absolute Gasteiger partial charge is 0.226 e. The maximum atomic E-state index is 13.4. The molecular formula is C29H35N3O. The van der Waals surface area contributed by atoms with Gasteiger partial charge in [-0.3, -0.25) is 14.7 Å². The number of nitrogens with one attached hydrogen (secondary N) is 1. The first kappa shape index (κ1) is 23.2. The van der Waals surface area contributed by atoms with Crippen LogP contribution in [0.25, 0.3) is 11.1 Å². The first-order valence-corrected chi connectivity index (χ1v) is 12.1. The average molecular weight is 442 g/mol. The number of benzene rings is 2. The van der Waals surface area contributed by atoms with Crippen molar-refractivity contribution >= 4 is 5.91 Å². The van der Waals surface area contributed by atoms with Gasteiger partial charge in [-0.2, -0.15) is 0 Å². The van der Waals surface area contributed by atoms with E-state index in [1.807, 2.05) is 31.5 Å². The van der Waals surface area contributed by atoms with Gasteiger partial charge in [-0.15, -0.1) is 0 Å². The van der Waals surface area contributed by atoms with Gasteiger partial charge in [0.25, 0.3) is 0 Å². The predicted octanol–water partition coefficient (Wildman–Crippen LogP) is 5.33. The summed E-state index contributed by atoms with van der Waals surface area (Å²) in [5.41, 5.74) is 7.23. The van der Waals surface area contributed by atoms with E-state index in [0.717, 1.165) is 44.5 Å². The molecule has 33 heavy (non-hydrogen) atoms. The summed E-state index contributed by atoms with van der Waals surface area (Å²) >= 11 is 0. The number of nitrogens with zero attached hydrogens (tertiary/aromatic N) is 2. The van der Waals surface area contributed by atoms with Gasteiger partial charge in [-0.25, -0.2) is 0 Å². The summed E-state index contributed by atoms with van der Waals surface area (Å²) < 4.78 is 0. The van der Waals surface area contributed by atoms with Gasteiger partial charge in [0, 0.05) is 25.5 Å². The highest BCUT2D eigenvalue weighted by atomic mass is 16.2. The van der Waals surface area contributed by atoms with Crippen molar-refractivity contribution in [1.82, 2.24) is 15.2 Å². The normalized spacial score (nSPS) is 15.8. The molecule has 1 amide bonds. The van der Waals surface area contributed by atoms with Crippen LogP contribution in [0, 0.1) is 19.3 Å². The second-order valence-corrected chi connectivity index (χ2v) is 9.40. The lowest BCUT2D eigenvalue weighted by molar-refractivity contribution is -0.134. The molecule has 1 aliphatic heterocycles. The van der Waals surface area contributed by atoms with E-state index in [1.165, 1.54) is 27.8 Å². The van der Waals surface area contributed by atoms with Crippen LogP contribution < -0.4 is 5.32 Å². The van der Waals surface area contributed by atoms with Gasteiger partial charge < -0.3 is 5.32 Å². The van der Waals surface area contributed by atoms with E-state index in [4.69, 9.17) is 0 Å². The van der Waals surface area contributed by atoms with Crippen molar-refractivity contribution in [2.24, 2.45) is 5.41 Å². The fourth-order valence-corrected chi connectivity index (χ4v) is 4.98. The first-order valence-electron chi connectivity index (χ1n) is 12.1. The molecule has 3 aromatic rings. The zero-order chi connectivity index (χ0) is 23.3. The quantitative estimate of drug-likeness (QED) is 0.539. The molecule has 1 fully saturated rings. The Kier molecular flexibility index (Phi) is 7.24. The molecular weight excluding hydrogens is 406 g/mol. The number of rotatable bonds is 7. The molecule has 0 spiro atoms. The number of amides is 1. The Morgan fingerprint density at radius 2 is 1.73 bits per heavy atom. The summed E-state index contributed by atoms with van der Waals surface area (Å²) in [7, 11) is 0. The third-order valence-corrected chi connectivity index (χ3v) is 7.15. The minimum atomic E-state index is -0.376. The van der Waals surface area contributed by atoms with Crippen LogP contribution in [0.15, 0.2) is 67.0 Å². The number of piperidine rings is 1. The van der Waals surface area contributed by atoms with Crippen LogP contribution in [-0.4, -0.2) is 35.4 Å². The maximum absolute atomic E-state index is 13.4. The molecule has 0 unspecified atom stereocenters. The van der Waals surface area contributed by atoms with E-state index in [9.17, 15) is 4.79 Å². The van der Waals surface area contributed by atoms with Gasteiger partial charge in [0.1, 0.15) is 0 Å². The van der Waals surface area contributed by atoms with Crippen LogP contribution in [0.2, 0.25) is 0 Å². The molecule has 1 N–H and O–H groups in total.